The van der Waals surface area contributed by atoms with Gasteiger partial charge in [0.1, 0.15) is 11.2 Å². The molecule has 0 radical (unpaired) electrons. The van der Waals surface area contributed by atoms with Gasteiger partial charge in [0.25, 0.3) is 0 Å². The summed E-state index contributed by atoms with van der Waals surface area (Å²) in [5, 5.41) is 3.68. The molecule has 38 heavy (non-hydrogen) atoms. The van der Waals surface area contributed by atoms with Crippen LogP contribution in [-0.4, -0.2) is 72.6 Å². The largest absolute Gasteiger partial charge is 1.00 e. The Kier molecular flexibility index (Phi) is 13.0. The number of rotatable bonds is 1. The summed E-state index contributed by atoms with van der Waals surface area (Å²) >= 11 is 0. The van der Waals surface area contributed by atoms with Gasteiger partial charge in [-0.3, -0.25) is 9.30 Å². The number of carbonyl (C=O) groups excluding carboxylic acids is 2. The van der Waals surface area contributed by atoms with Gasteiger partial charge < -0.3 is 30.3 Å². The molecule has 2 saturated carbocycles. The van der Waals surface area contributed by atoms with Crippen LogP contribution in [0.2, 0.25) is 0 Å². The van der Waals surface area contributed by atoms with Crippen molar-refractivity contribution in [2.24, 2.45) is 21.9 Å². The van der Waals surface area contributed by atoms with Crippen LogP contribution in [0.25, 0.3) is 26.4 Å². The minimum absolute atomic E-state index is 0. The average molecular weight is 550 g/mol. The van der Waals surface area contributed by atoms with Gasteiger partial charge in [0, 0.05) is 48.0 Å². The monoisotopic (exact) mass is 549 g/mol. The maximum absolute atomic E-state index is 11.7. The molecule has 2 heterocycles. The van der Waals surface area contributed by atoms with Crippen molar-refractivity contribution in [2.45, 2.75) is 91.4 Å². The summed E-state index contributed by atoms with van der Waals surface area (Å²) in [4.78, 5) is 31.2. The van der Waals surface area contributed by atoms with Crippen molar-refractivity contribution in [2.75, 3.05) is 33.3 Å². The summed E-state index contributed by atoms with van der Waals surface area (Å²) in [5.41, 5.74) is 21.7. The molecule has 0 aromatic rings. The van der Waals surface area contributed by atoms with E-state index < -0.39 is 12.8 Å². The summed E-state index contributed by atoms with van der Waals surface area (Å²) in [6.07, 6.45) is 3.98. The Hall–Kier alpha value is -1.91. The molecule has 0 aromatic carbocycles. The molecule has 12 nitrogen and oxygen atoms in total. The molecule has 0 bridgehead atoms. The molecule has 14 heteroatoms. The third-order valence-electron chi connectivity index (χ3n) is 6.52. The molecule has 2 amide bonds. The number of ether oxygens (including phenoxy) is 2. The van der Waals surface area contributed by atoms with Crippen LogP contribution in [-0.2, 0) is 9.47 Å². The Morgan fingerprint density at radius 1 is 0.895 bits per heavy atom. The van der Waals surface area contributed by atoms with Crippen LogP contribution in [0.5, 0.6) is 0 Å². The minimum atomic E-state index is -1.00. The van der Waals surface area contributed by atoms with Crippen LogP contribution < -0.4 is 29.6 Å². The van der Waals surface area contributed by atoms with E-state index in [1.54, 1.807) is 4.90 Å². The Morgan fingerprint density at radius 2 is 1.21 bits per heavy atom. The molecule has 2 saturated heterocycles. The first-order valence-electron chi connectivity index (χ1n) is 13.0. The van der Waals surface area contributed by atoms with E-state index in [4.69, 9.17) is 27.4 Å². The van der Waals surface area contributed by atoms with E-state index >= 15 is 0 Å². The van der Waals surface area contributed by atoms with Crippen LogP contribution in [0.1, 0.15) is 75.5 Å². The summed E-state index contributed by atoms with van der Waals surface area (Å²) in [6.45, 7) is 16.9. The van der Waals surface area contributed by atoms with Crippen LogP contribution in [0.4, 0.5) is 14.0 Å². The van der Waals surface area contributed by atoms with Gasteiger partial charge in [0.05, 0.1) is 8.52 Å². The van der Waals surface area contributed by atoms with Gasteiger partial charge in [0.15, 0.2) is 0 Å². The van der Waals surface area contributed by atoms with Crippen molar-refractivity contribution in [1.29, 1.82) is 0 Å². The molecular formula is C24H42FN8NaO4. The fraction of sp³-hybridized carbons (Fsp3) is 0.917. The number of amides is 2. The Labute approximate surface area is 248 Å². The summed E-state index contributed by atoms with van der Waals surface area (Å²) < 4.78 is 26.1. The number of alkyl halides is 1. The first-order chi connectivity index (χ1) is 17.5. The molecule has 4 rings (SSSR count). The van der Waals surface area contributed by atoms with Crippen molar-refractivity contribution in [3.8, 4) is 0 Å². The van der Waals surface area contributed by atoms with E-state index in [0.29, 0.717) is 5.41 Å². The molecule has 2 aliphatic carbocycles. The second-order valence-corrected chi connectivity index (χ2v) is 12.5. The Morgan fingerprint density at radius 3 is 1.47 bits per heavy atom. The SMILES string of the molecule is CC(C)(C)OC(=O)N1CC2(CC(N=[N+]=[N-])C2)C1.CC1CC2(C1)CN(C(=O)OC(C)(C)C)C2.[2H]CF.[N-]=[N+]=[N-].[Na+]. The zero-order chi connectivity index (χ0) is 29.4. The van der Waals surface area contributed by atoms with Crippen LogP contribution in [0.3, 0.4) is 0 Å². The Bertz CT molecular complexity index is 889. The fourth-order valence-corrected chi connectivity index (χ4v) is 5.47. The normalized spacial score (nSPS) is 21.9. The molecule has 0 unspecified atom stereocenters. The minimum Gasteiger partial charge on any atom is -0.444 e. The van der Waals surface area contributed by atoms with Crippen molar-refractivity contribution < 1.29 is 54.4 Å². The van der Waals surface area contributed by atoms with Crippen molar-refractivity contribution >= 4 is 12.2 Å². The van der Waals surface area contributed by atoms with E-state index in [-0.39, 0.29) is 58.8 Å². The number of hydrogen-bond acceptors (Lipinski definition) is 5. The van der Waals surface area contributed by atoms with Crippen molar-refractivity contribution in [3.05, 3.63) is 26.4 Å². The molecule has 4 aliphatic rings. The van der Waals surface area contributed by atoms with E-state index in [0.717, 1.165) is 44.9 Å². The summed E-state index contributed by atoms with van der Waals surface area (Å²) in [7, 11) is -1.00. The smallest absolute Gasteiger partial charge is 0.444 e. The second kappa shape index (κ2) is 14.5. The van der Waals surface area contributed by atoms with E-state index in [2.05, 4.69) is 16.9 Å². The van der Waals surface area contributed by atoms with Crippen molar-refractivity contribution in [3.63, 3.8) is 0 Å². The second-order valence-electron chi connectivity index (χ2n) is 12.5. The molecule has 2 spiro atoms. The molecule has 2 aliphatic heterocycles. The quantitative estimate of drug-likeness (QED) is 0.210. The van der Waals surface area contributed by atoms with Gasteiger partial charge in [0.2, 0.25) is 0 Å². The first-order valence-corrected chi connectivity index (χ1v) is 12.3. The topological polar surface area (TPSA) is 167 Å². The number of likely N-dealkylation sites (tertiary alicyclic amines) is 2. The van der Waals surface area contributed by atoms with E-state index in [1.165, 1.54) is 17.8 Å². The predicted molar refractivity (Wildman–Crippen MR) is 138 cm³/mol. The molecule has 4 fully saturated rings. The Balaban J connectivity index is 0.000000606. The number of carbonyl (C=O) groups is 2. The van der Waals surface area contributed by atoms with Gasteiger partial charge >= 0.3 is 41.7 Å². The van der Waals surface area contributed by atoms with Gasteiger partial charge in [-0.15, -0.1) is 0 Å². The zero-order valence-electron chi connectivity index (χ0n) is 25.1. The molecular weight excluding hydrogens is 506 g/mol. The molecule has 0 aromatic heterocycles. The van der Waals surface area contributed by atoms with Crippen LogP contribution in [0.15, 0.2) is 5.11 Å². The van der Waals surface area contributed by atoms with E-state index in [1.807, 2.05) is 46.4 Å². The third-order valence-corrected chi connectivity index (χ3v) is 6.52. The maximum Gasteiger partial charge on any atom is 1.00 e. The number of hydrogen-bond donors (Lipinski definition) is 0. The summed E-state index contributed by atoms with van der Waals surface area (Å²) in [5.74, 6) is 0.853. The molecule has 210 valence electrons. The fourth-order valence-electron chi connectivity index (χ4n) is 5.47. The number of halogens is 1. The predicted octanol–water partition coefficient (Wildman–Crippen LogP) is 3.81. The molecule has 0 N–H and O–H groups in total. The van der Waals surface area contributed by atoms with Gasteiger partial charge in [-0.05, 0) is 78.7 Å². The number of azide groups is 1. The van der Waals surface area contributed by atoms with Gasteiger partial charge in [-0.25, -0.2) is 9.59 Å². The first kappa shape index (κ1) is 34.1. The zero-order valence-corrected chi connectivity index (χ0v) is 26.1. The summed E-state index contributed by atoms with van der Waals surface area (Å²) in [6, 6.07) is 0.126. The van der Waals surface area contributed by atoms with E-state index in [9.17, 15) is 14.0 Å². The number of nitrogens with zero attached hydrogens (tertiary/aromatic N) is 8. The molecule has 0 atom stereocenters. The van der Waals surface area contributed by atoms with Crippen LogP contribution >= 0.6 is 0 Å². The average Bonchev–Trinajstić information content (AvgIpc) is 2.63. The third kappa shape index (κ3) is 10.7. The van der Waals surface area contributed by atoms with Crippen molar-refractivity contribution in [1.82, 2.24) is 9.80 Å². The maximum atomic E-state index is 11.7. The van der Waals surface area contributed by atoms with Gasteiger partial charge in [-0.1, -0.05) is 12.0 Å². The standard InChI is InChI=1S/C12H21NO2.C11H18N4O2.CH3F.N3.Na/c1-9-5-12(6-9)7-13(8-12)10(14)15-11(2,3)4;1-10(2,3)17-9(16)15-6-11(7-15)4-8(5-11)13-14-12;1-2;1-3-2;/h9H,5-8H2,1-4H3;8H,4-7H2,1-3H3;1H3;;/q;;;-1;+1/i;;1D;;. The van der Waals surface area contributed by atoms with Gasteiger partial charge in [-0.2, -0.15) is 0 Å². The van der Waals surface area contributed by atoms with Crippen LogP contribution in [0, 0.1) is 16.7 Å².